The molecule has 1 heterocycles. The normalized spacial score (nSPS) is 10.1. The van der Waals surface area contributed by atoms with Crippen LogP contribution >= 0.6 is 0 Å². The molecule has 0 bridgehead atoms. The minimum atomic E-state index is 0.314. The van der Waals surface area contributed by atoms with E-state index in [9.17, 15) is 4.79 Å². The van der Waals surface area contributed by atoms with Crippen LogP contribution in [-0.4, -0.2) is 27.9 Å². The van der Waals surface area contributed by atoms with Crippen LogP contribution in [-0.2, 0) is 0 Å². The number of carbonyl (C=O) groups is 1. The summed E-state index contributed by atoms with van der Waals surface area (Å²) in [5.41, 5.74) is 1.10. The summed E-state index contributed by atoms with van der Waals surface area (Å²) in [6.07, 6.45) is 2.08. The van der Waals surface area contributed by atoms with Crippen molar-refractivity contribution >= 4 is 6.29 Å². The summed E-state index contributed by atoms with van der Waals surface area (Å²) in [4.78, 5) is 11.9. The fourth-order valence-electron chi connectivity index (χ4n) is 1.30. The van der Waals surface area contributed by atoms with Crippen molar-refractivity contribution in [2.24, 2.45) is 0 Å². The van der Waals surface area contributed by atoms with Gasteiger partial charge in [-0.25, -0.2) is 0 Å². The lowest BCUT2D eigenvalue weighted by Gasteiger charge is -2.03. The zero-order valence-electron chi connectivity index (χ0n) is 8.83. The van der Waals surface area contributed by atoms with Crippen LogP contribution in [0.3, 0.4) is 0 Å². The Morgan fingerprint density at radius 1 is 1.38 bits per heavy atom. The highest BCUT2D eigenvalue weighted by Crippen LogP contribution is 2.13. The Hall–Kier alpha value is -2.17. The Morgan fingerprint density at radius 2 is 2.12 bits per heavy atom. The molecule has 0 saturated heterocycles. The van der Waals surface area contributed by atoms with E-state index in [0.29, 0.717) is 18.6 Å². The molecule has 5 nitrogen and oxygen atoms in total. The van der Waals surface area contributed by atoms with E-state index in [-0.39, 0.29) is 0 Å². The average molecular weight is 217 g/mol. The number of hydrogen-bond acceptors (Lipinski definition) is 4. The monoisotopic (exact) mass is 217 g/mol. The molecule has 0 atom stereocenters. The zero-order valence-corrected chi connectivity index (χ0v) is 8.83. The van der Waals surface area contributed by atoms with Crippen molar-refractivity contribution < 1.29 is 9.53 Å². The standard InChI is InChI=1S/C11H11N3O2/c1-2-16-11-5-3-10(4-6-11)14-12-7-9(8-15)13-14/h3-8H,2H2,1H3. The number of aromatic nitrogens is 3. The van der Waals surface area contributed by atoms with Gasteiger partial charge in [0, 0.05) is 0 Å². The maximum atomic E-state index is 10.5. The summed E-state index contributed by atoms with van der Waals surface area (Å²) in [5.74, 6) is 0.800. The smallest absolute Gasteiger partial charge is 0.171 e. The number of rotatable bonds is 4. The highest BCUT2D eigenvalue weighted by molar-refractivity contribution is 5.70. The molecule has 0 aliphatic heterocycles. The maximum Gasteiger partial charge on any atom is 0.171 e. The van der Waals surface area contributed by atoms with Gasteiger partial charge in [-0.3, -0.25) is 4.79 Å². The number of hydrogen-bond donors (Lipinski definition) is 0. The molecule has 0 saturated carbocycles. The van der Waals surface area contributed by atoms with Gasteiger partial charge in [0.2, 0.25) is 0 Å². The van der Waals surface area contributed by atoms with Gasteiger partial charge in [-0.2, -0.15) is 9.90 Å². The van der Waals surface area contributed by atoms with E-state index in [1.165, 1.54) is 11.0 Å². The van der Waals surface area contributed by atoms with Crippen molar-refractivity contribution in [1.29, 1.82) is 0 Å². The van der Waals surface area contributed by atoms with Gasteiger partial charge < -0.3 is 4.74 Å². The number of benzene rings is 1. The summed E-state index contributed by atoms with van der Waals surface area (Å²) >= 11 is 0. The quantitative estimate of drug-likeness (QED) is 0.728. The largest absolute Gasteiger partial charge is 0.494 e. The predicted molar refractivity (Wildman–Crippen MR) is 57.9 cm³/mol. The summed E-state index contributed by atoms with van der Waals surface area (Å²) in [6, 6.07) is 7.34. The molecule has 0 radical (unpaired) electrons. The van der Waals surface area contributed by atoms with E-state index in [4.69, 9.17) is 4.74 Å². The first kappa shape index (κ1) is 10.4. The fraction of sp³-hybridized carbons (Fsp3) is 0.182. The van der Waals surface area contributed by atoms with Gasteiger partial charge in [-0.1, -0.05) is 0 Å². The molecule has 0 N–H and O–H groups in total. The Morgan fingerprint density at radius 3 is 2.69 bits per heavy atom. The van der Waals surface area contributed by atoms with Crippen LogP contribution < -0.4 is 4.74 Å². The maximum absolute atomic E-state index is 10.5. The van der Waals surface area contributed by atoms with E-state index in [1.807, 2.05) is 31.2 Å². The molecule has 5 heteroatoms. The molecule has 82 valence electrons. The predicted octanol–water partition coefficient (Wildman–Crippen LogP) is 1.48. The third-order valence-corrected chi connectivity index (χ3v) is 2.01. The molecule has 2 rings (SSSR count). The molecule has 2 aromatic rings. The topological polar surface area (TPSA) is 57.0 Å². The lowest BCUT2D eigenvalue weighted by molar-refractivity contribution is 0.111. The highest BCUT2D eigenvalue weighted by atomic mass is 16.5. The molecule has 0 unspecified atom stereocenters. The second kappa shape index (κ2) is 4.57. The van der Waals surface area contributed by atoms with E-state index < -0.39 is 0 Å². The van der Waals surface area contributed by atoms with Crippen molar-refractivity contribution in [3.63, 3.8) is 0 Å². The number of carbonyl (C=O) groups excluding carboxylic acids is 1. The Labute approximate surface area is 92.7 Å². The molecule has 0 fully saturated rings. The summed E-state index contributed by atoms with van der Waals surface area (Å²) in [5, 5.41) is 7.94. The molecule has 0 spiro atoms. The van der Waals surface area contributed by atoms with Gasteiger partial charge >= 0.3 is 0 Å². The van der Waals surface area contributed by atoms with Crippen LogP contribution in [0, 0.1) is 0 Å². The summed E-state index contributed by atoms with van der Waals surface area (Å²) in [6.45, 7) is 2.56. The van der Waals surface area contributed by atoms with Crippen molar-refractivity contribution in [3.8, 4) is 11.4 Å². The van der Waals surface area contributed by atoms with Gasteiger partial charge in [0.05, 0.1) is 18.5 Å². The number of ether oxygens (including phenoxy) is 1. The summed E-state index contributed by atoms with van der Waals surface area (Å²) < 4.78 is 5.32. The minimum absolute atomic E-state index is 0.314. The van der Waals surface area contributed by atoms with Crippen molar-refractivity contribution in [2.75, 3.05) is 6.61 Å². The molecule has 1 aromatic heterocycles. The summed E-state index contributed by atoms with van der Waals surface area (Å²) in [7, 11) is 0. The molecule has 0 aliphatic carbocycles. The van der Waals surface area contributed by atoms with E-state index in [1.54, 1.807) is 0 Å². The first-order valence-electron chi connectivity index (χ1n) is 4.94. The molecular formula is C11H11N3O2. The highest BCUT2D eigenvalue weighted by Gasteiger charge is 2.01. The van der Waals surface area contributed by atoms with Crippen molar-refractivity contribution in [2.45, 2.75) is 6.92 Å². The third kappa shape index (κ3) is 2.08. The third-order valence-electron chi connectivity index (χ3n) is 2.01. The SMILES string of the molecule is CCOc1ccc(-n2ncc(C=O)n2)cc1. The molecule has 16 heavy (non-hydrogen) atoms. The zero-order chi connectivity index (χ0) is 11.4. The van der Waals surface area contributed by atoms with E-state index in [2.05, 4.69) is 10.2 Å². The van der Waals surface area contributed by atoms with Crippen LogP contribution in [0.15, 0.2) is 30.5 Å². The Bertz CT molecular complexity index is 476. The fourth-order valence-corrected chi connectivity index (χ4v) is 1.30. The lowest BCUT2D eigenvalue weighted by Crippen LogP contribution is -1.99. The van der Waals surface area contributed by atoms with Crippen molar-refractivity contribution in [1.82, 2.24) is 15.0 Å². The van der Waals surface area contributed by atoms with Gasteiger partial charge in [0.15, 0.2) is 6.29 Å². The van der Waals surface area contributed by atoms with E-state index >= 15 is 0 Å². The Balaban J connectivity index is 2.23. The van der Waals surface area contributed by atoms with Gasteiger partial charge in [0.25, 0.3) is 0 Å². The molecule has 0 amide bonds. The molecular weight excluding hydrogens is 206 g/mol. The Kier molecular flexibility index (Phi) is 2.95. The van der Waals surface area contributed by atoms with Crippen LogP contribution in [0.2, 0.25) is 0 Å². The van der Waals surface area contributed by atoms with Gasteiger partial charge in [-0.15, -0.1) is 5.10 Å². The van der Waals surface area contributed by atoms with Gasteiger partial charge in [-0.05, 0) is 31.2 Å². The van der Waals surface area contributed by atoms with E-state index in [0.717, 1.165) is 11.4 Å². The first-order chi connectivity index (χ1) is 7.83. The number of nitrogens with zero attached hydrogens (tertiary/aromatic N) is 3. The second-order valence-electron chi connectivity index (χ2n) is 3.10. The van der Waals surface area contributed by atoms with Crippen LogP contribution in [0.25, 0.3) is 5.69 Å². The molecule has 0 aliphatic rings. The van der Waals surface area contributed by atoms with Gasteiger partial charge in [0.1, 0.15) is 11.4 Å². The number of aldehydes is 1. The molecule has 1 aromatic carbocycles. The average Bonchev–Trinajstić information content (AvgIpc) is 2.79. The van der Waals surface area contributed by atoms with Crippen LogP contribution in [0.4, 0.5) is 0 Å². The van der Waals surface area contributed by atoms with Crippen molar-refractivity contribution in [3.05, 3.63) is 36.2 Å². The lowest BCUT2D eigenvalue weighted by atomic mass is 10.3. The second-order valence-corrected chi connectivity index (χ2v) is 3.10. The van der Waals surface area contributed by atoms with Crippen LogP contribution in [0.5, 0.6) is 5.75 Å². The first-order valence-corrected chi connectivity index (χ1v) is 4.94. The van der Waals surface area contributed by atoms with Crippen LogP contribution in [0.1, 0.15) is 17.4 Å². The minimum Gasteiger partial charge on any atom is -0.494 e.